The van der Waals surface area contributed by atoms with Gasteiger partial charge in [0.1, 0.15) is 4.60 Å². The predicted octanol–water partition coefficient (Wildman–Crippen LogP) is 1.84. The Bertz CT molecular complexity index is 444. The van der Waals surface area contributed by atoms with Crippen LogP contribution in [0.25, 0.3) is 0 Å². The zero-order valence-corrected chi connectivity index (χ0v) is 11.5. The molecule has 17 heavy (non-hydrogen) atoms. The number of aromatic nitrogens is 2. The van der Waals surface area contributed by atoms with Crippen molar-refractivity contribution in [2.45, 2.75) is 6.42 Å². The molecular weight excluding hydrogens is 309 g/mol. The smallest absolute Gasteiger partial charge is 0.258 e. The fraction of sp³-hybridized carbons (Fsp3) is 0.500. The number of ether oxygens (including phenoxy) is 1. The number of methoxy groups -OCH3 is 1. The molecule has 0 spiro atoms. The maximum absolute atomic E-state index is 11.8. The van der Waals surface area contributed by atoms with E-state index in [4.69, 9.17) is 16.3 Å². The van der Waals surface area contributed by atoms with Crippen molar-refractivity contribution >= 4 is 39.3 Å². The number of amides is 1. The van der Waals surface area contributed by atoms with Crippen LogP contribution in [-0.4, -0.2) is 35.4 Å². The lowest BCUT2D eigenvalue weighted by atomic mass is 10.2. The van der Waals surface area contributed by atoms with Gasteiger partial charge in [-0.05, 0) is 21.8 Å². The molecule has 7 heteroatoms. The summed E-state index contributed by atoms with van der Waals surface area (Å²) < 4.78 is 5.69. The number of carbonyl (C=O) groups excluding carboxylic acids is 1. The van der Waals surface area contributed by atoms with Gasteiger partial charge in [0.2, 0.25) is 5.91 Å². The zero-order valence-electron chi connectivity index (χ0n) is 9.19. The molecule has 1 atom stereocenters. The second-order valence-corrected chi connectivity index (χ2v) is 4.88. The minimum atomic E-state index is 0.00516. The van der Waals surface area contributed by atoms with Gasteiger partial charge in [-0.1, -0.05) is 0 Å². The van der Waals surface area contributed by atoms with E-state index < -0.39 is 0 Å². The van der Waals surface area contributed by atoms with Crippen molar-refractivity contribution in [3.05, 3.63) is 10.8 Å². The van der Waals surface area contributed by atoms with Gasteiger partial charge in [-0.25, -0.2) is 9.97 Å². The average Bonchev–Trinajstić information content (AvgIpc) is 2.70. The first kappa shape index (κ1) is 12.6. The van der Waals surface area contributed by atoms with E-state index in [0.29, 0.717) is 35.1 Å². The largest absolute Gasteiger partial charge is 0.478 e. The van der Waals surface area contributed by atoms with Gasteiger partial charge < -0.3 is 4.74 Å². The fourth-order valence-electron chi connectivity index (χ4n) is 1.76. The molecule has 1 amide bonds. The zero-order chi connectivity index (χ0) is 12.4. The van der Waals surface area contributed by atoms with Gasteiger partial charge in [0.25, 0.3) is 5.88 Å². The summed E-state index contributed by atoms with van der Waals surface area (Å²) in [5.41, 5.74) is 0. The molecule has 92 valence electrons. The number of anilines is 1. The summed E-state index contributed by atoms with van der Waals surface area (Å²) in [5, 5.41) is 0. The van der Waals surface area contributed by atoms with Gasteiger partial charge in [0, 0.05) is 18.8 Å². The summed E-state index contributed by atoms with van der Waals surface area (Å²) in [7, 11) is 1.50. The van der Waals surface area contributed by atoms with Crippen LogP contribution in [0.1, 0.15) is 6.42 Å². The maximum atomic E-state index is 11.8. The Labute approximate surface area is 112 Å². The van der Waals surface area contributed by atoms with Crippen molar-refractivity contribution in [2.75, 3.05) is 24.4 Å². The Morgan fingerprint density at radius 2 is 2.47 bits per heavy atom. The molecule has 1 saturated heterocycles. The minimum absolute atomic E-state index is 0.00516. The van der Waals surface area contributed by atoms with Crippen molar-refractivity contribution in [1.82, 2.24) is 9.97 Å². The highest BCUT2D eigenvalue weighted by Gasteiger charge is 2.33. The summed E-state index contributed by atoms with van der Waals surface area (Å²) in [5.74, 6) is 1.43. The van der Waals surface area contributed by atoms with E-state index in [1.165, 1.54) is 7.11 Å². The summed E-state index contributed by atoms with van der Waals surface area (Å²) in [4.78, 5) is 21.7. The molecule has 1 aromatic heterocycles. The van der Waals surface area contributed by atoms with E-state index in [2.05, 4.69) is 25.9 Å². The van der Waals surface area contributed by atoms with Crippen LogP contribution in [0.3, 0.4) is 0 Å². The van der Waals surface area contributed by atoms with E-state index >= 15 is 0 Å². The first-order valence-corrected chi connectivity index (χ1v) is 6.41. The van der Waals surface area contributed by atoms with Crippen molar-refractivity contribution < 1.29 is 9.53 Å². The van der Waals surface area contributed by atoms with Crippen LogP contribution in [-0.2, 0) is 4.79 Å². The average molecular weight is 321 g/mol. The quantitative estimate of drug-likeness (QED) is 0.798. The van der Waals surface area contributed by atoms with Crippen LogP contribution in [0.15, 0.2) is 10.8 Å². The number of halogens is 2. The fourth-order valence-corrected chi connectivity index (χ4v) is 2.23. The lowest BCUT2D eigenvalue weighted by molar-refractivity contribution is -0.117. The Kier molecular flexibility index (Phi) is 3.83. The van der Waals surface area contributed by atoms with Gasteiger partial charge in [0.05, 0.1) is 13.3 Å². The van der Waals surface area contributed by atoms with E-state index in [-0.39, 0.29) is 11.8 Å². The SMILES string of the molecule is COc1nc(Br)cnc1N1CC(CCl)CC1=O. The van der Waals surface area contributed by atoms with Crippen molar-refractivity contribution in [3.8, 4) is 5.88 Å². The van der Waals surface area contributed by atoms with Gasteiger partial charge >= 0.3 is 0 Å². The van der Waals surface area contributed by atoms with E-state index in [1.54, 1.807) is 11.1 Å². The normalized spacial score (nSPS) is 19.8. The molecule has 0 N–H and O–H groups in total. The highest BCUT2D eigenvalue weighted by molar-refractivity contribution is 9.10. The highest BCUT2D eigenvalue weighted by atomic mass is 79.9. The highest BCUT2D eigenvalue weighted by Crippen LogP contribution is 2.30. The molecule has 1 unspecified atom stereocenters. The first-order valence-electron chi connectivity index (χ1n) is 5.08. The molecule has 5 nitrogen and oxygen atoms in total. The lowest BCUT2D eigenvalue weighted by Crippen LogP contribution is -2.26. The third-order valence-electron chi connectivity index (χ3n) is 2.57. The topological polar surface area (TPSA) is 55.3 Å². The number of hydrogen-bond donors (Lipinski definition) is 0. The van der Waals surface area contributed by atoms with Gasteiger partial charge in [0.15, 0.2) is 5.82 Å². The van der Waals surface area contributed by atoms with Crippen molar-refractivity contribution in [2.24, 2.45) is 5.92 Å². The van der Waals surface area contributed by atoms with Crippen LogP contribution in [0, 0.1) is 5.92 Å². The van der Waals surface area contributed by atoms with Crippen LogP contribution in [0.4, 0.5) is 5.82 Å². The Balaban J connectivity index is 2.31. The molecule has 1 aliphatic rings. The summed E-state index contributed by atoms with van der Waals surface area (Å²) in [6.45, 7) is 0.564. The molecule has 2 rings (SSSR count). The van der Waals surface area contributed by atoms with Gasteiger partial charge in [-0.3, -0.25) is 9.69 Å². The number of alkyl halides is 1. The second kappa shape index (κ2) is 5.18. The molecule has 0 bridgehead atoms. The second-order valence-electron chi connectivity index (χ2n) is 3.75. The van der Waals surface area contributed by atoms with Crippen LogP contribution < -0.4 is 9.64 Å². The number of hydrogen-bond acceptors (Lipinski definition) is 4. The molecule has 0 saturated carbocycles. The Morgan fingerprint density at radius 1 is 1.71 bits per heavy atom. The third-order valence-corrected chi connectivity index (χ3v) is 3.38. The van der Waals surface area contributed by atoms with Gasteiger partial charge in [-0.15, -0.1) is 11.6 Å². The Morgan fingerprint density at radius 3 is 3.06 bits per heavy atom. The summed E-state index contributed by atoms with van der Waals surface area (Å²) in [6, 6.07) is 0. The molecular formula is C10H11BrClN3O2. The standard InChI is InChI=1S/C10H11BrClN3O2/c1-17-10-9(13-4-7(11)14-10)15-5-6(3-12)2-8(15)16/h4,6H,2-3,5H2,1H3. The van der Waals surface area contributed by atoms with E-state index in [9.17, 15) is 4.79 Å². The molecule has 0 aliphatic carbocycles. The first-order chi connectivity index (χ1) is 8.15. The minimum Gasteiger partial charge on any atom is -0.478 e. The maximum Gasteiger partial charge on any atom is 0.258 e. The number of carbonyl (C=O) groups is 1. The molecule has 0 aromatic carbocycles. The van der Waals surface area contributed by atoms with Crippen molar-refractivity contribution in [1.29, 1.82) is 0 Å². The van der Waals surface area contributed by atoms with Gasteiger partial charge in [-0.2, -0.15) is 0 Å². The molecule has 0 radical (unpaired) electrons. The van der Waals surface area contributed by atoms with E-state index in [0.717, 1.165) is 0 Å². The van der Waals surface area contributed by atoms with E-state index in [1.807, 2.05) is 0 Å². The third kappa shape index (κ3) is 2.52. The summed E-state index contributed by atoms with van der Waals surface area (Å²) >= 11 is 8.98. The van der Waals surface area contributed by atoms with Crippen LogP contribution in [0.5, 0.6) is 5.88 Å². The Hall–Kier alpha value is -0.880. The molecule has 1 fully saturated rings. The monoisotopic (exact) mass is 319 g/mol. The number of nitrogens with zero attached hydrogens (tertiary/aromatic N) is 3. The lowest BCUT2D eigenvalue weighted by Gasteiger charge is -2.17. The van der Waals surface area contributed by atoms with Crippen LogP contribution >= 0.6 is 27.5 Å². The van der Waals surface area contributed by atoms with Crippen LogP contribution in [0.2, 0.25) is 0 Å². The molecule has 2 heterocycles. The molecule has 1 aliphatic heterocycles. The summed E-state index contributed by atoms with van der Waals surface area (Å²) in [6.07, 6.45) is 1.99. The predicted molar refractivity (Wildman–Crippen MR) is 67.5 cm³/mol. The van der Waals surface area contributed by atoms with Crippen molar-refractivity contribution in [3.63, 3.8) is 0 Å². The molecule has 1 aromatic rings. The number of rotatable bonds is 3.